The summed E-state index contributed by atoms with van der Waals surface area (Å²) in [5.41, 5.74) is -0.557. The van der Waals surface area contributed by atoms with E-state index in [2.05, 4.69) is 0 Å². The first-order chi connectivity index (χ1) is 8.33. The molecule has 2 unspecified atom stereocenters. The van der Waals surface area contributed by atoms with Crippen LogP contribution < -0.4 is 0 Å². The molecule has 18 heavy (non-hydrogen) atoms. The van der Waals surface area contributed by atoms with E-state index < -0.39 is 23.8 Å². The number of nitrogens with zero attached hydrogens (tertiary/aromatic N) is 1. The maximum Gasteiger partial charge on any atom is 0.410 e. The van der Waals surface area contributed by atoms with Gasteiger partial charge >= 0.3 is 6.09 Å². The van der Waals surface area contributed by atoms with Gasteiger partial charge in [-0.2, -0.15) is 0 Å². The van der Waals surface area contributed by atoms with Gasteiger partial charge in [0.25, 0.3) is 0 Å². The van der Waals surface area contributed by atoms with Crippen LogP contribution in [0.15, 0.2) is 0 Å². The number of carbonyl (C=O) groups is 1. The van der Waals surface area contributed by atoms with E-state index in [0.29, 0.717) is 12.3 Å². The highest BCUT2D eigenvalue weighted by atomic mass is 16.6. The van der Waals surface area contributed by atoms with Crippen molar-refractivity contribution in [3.8, 4) is 0 Å². The molecule has 1 aliphatic carbocycles. The molecular weight excluding hydrogens is 234 g/mol. The van der Waals surface area contributed by atoms with Crippen molar-refractivity contribution < 1.29 is 19.7 Å². The molecule has 0 radical (unpaired) electrons. The number of hydrogen-bond acceptors (Lipinski definition) is 4. The van der Waals surface area contributed by atoms with Gasteiger partial charge in [-0.25, -0.2) is 4.79 Å². The van der Waals surface area contributed by atoms with E-state index >= 15 is 0 Å². The minimum Gasteiger partial charge on any atom is -0.444 e. The van der Waals surface area contributed by atoms with Gasteiger partial charge in [0.2, 0.25) is 0 Å². The molecule has 1 saturated heterocycles. The van der Waals surface area contributed by atoms with Crippen LogP contribution in [0.1, 0.15) is 40.0 Å². The van der Waals surface area contributed by atoms with Gasteiger partial charge in [0.1, 0.15) is 5.60 Å². The van der Waals surface area contributed by atoms with Gasteiger partial charge in [-0.1, -0.05) is 0 Å². The lowest BCUT2D eigenvalue weighted by Gasteiger charge is -2.32. The number of ether oxygens (including phenoxy) is 1. The fourth-order valence-electron chi connectivity index (χ4n) is 2.65. The second-order valence-electron chi connectivity index (χ2n) is 6.35. The van der Waals surface area contributed by atoms with Crippen LogP contribution in [0, 0.1) is 5.92 Å². The number of likely N-dealkylation sites (tertiary alicyclic amines) is 1. The van der Waals surface area contributed by atoms with E-state index in [1.807, 2.05) is 20.8 Å². The van der Waals surface area contributed by atoms with Crippen LogP contribution >= 0.6 is 0 Å². The number of amides is 1. The van der Waals surface area contributed by atoms with Crippen LogP contribution in [0.2, 0.25) is 0 Å². The first-order valence-corrected chi connectivity index (χ1v) is 6.63. The van der Waals surface area contributed by atoms with Crippen molar-refractivity contribution in [1.29, 1.82) is 0 Å². The molecule has 0 aromatic heterocycles. The smallest absolute Gasteiger partial charge is 0.410 e. The van der Waals surface area contributed by atoms with Crippen molar-refractivity contribution >= 4 is 6.09 Å². The highest BCUT2D eigenvalue weighted by molar-refractivity contribution is 5.69. The summed E-state index contributed by atoms with van der Waals surface area (Å²) < 4.78 is 5.38. The highest BCUT2D eigenvalue weighted by Gasteiger charge is 2.49. The SMILES string of the molecule is CC(C)(C)OC(=O)N1C(CO)C(O)C[C@H]1C1CC1. The largest absolute Gasteiger partial charge is 0.444 e. The van der Waals surface area contributed by atoms with Crippen LogP contribution in [0.3, 0.4) is 0 Å². The van der Waals surface area contributed by atoms with Crippen molar-refractivity contribution in [2.24, 2.45) is 5.92 Å². The van der Waals surface area contributed by atoms with Gasteiger partial charge in [-0.3, -0.25) is 4.90 Å². The van der Waals surface area contributed by atoms with E-state index in [0.717, 1.165) is 12.8 Å². The fraction of sp³-hybridized carbons (Fsp3) is 0.923. The number of carbonyl (C=O) groups excluding carboxylic acids is 1. The molecule has 2 rings (SSSR count). The maximum absolute atomic E-state index is 12.2. The van der Waals surface area contributed by atoms with Gasteiger partial charge < -0.3 is 14.9 Å². The first-order valence-electron chi connectivity index (χ1n) is 6.63. The molecule has 0 spiro atoms. The topological polar surface area (TPSA) is 70.0 Å². The molecule has 3 atom stereocenters. The number of hydrogen-bond donors (Lipinski definition) is 2. The molecule has 2 aliphatic rings. The average Bonchev–Trinajstić information content (AvgIpc) is 2.99. The minimum absolute atomic E-state index is 0.0204. The summed E-state index contributed by atoms with van der Waals surface area (Å²) in [6.07, 6.45) is 1.67. The summed E-state index contributed by atoms with van der Waals surface area (Å²) in [5.74, 6) is 0.462. The van der Waals surface area contributed by atoms with Crippen LogP contribution in [0.25, 0.3) is 0 Å². The standard InChI is InChI=1S/C13H23NO4/c1-13(2,3)18-12(17)14-9(8-4-5-8)6-11(16)10(14)7-15/h8-11,15-16H,4-7H2,1-3H3/t9-,10?,11?/m0/s1. The molecule has 0 aromatic carbocycles. The van der Waals surface area contributed by atoms with Gasteiger partial charge in [0, 0.05) is 6.04 Å². The minimum atomic E-state index is -0.645. The van der Waals surface area contributed by atoms with Crippen molar-refractivity contribution in [2.75, 3.05) is 6.61 Å². The summed E-state index contributed by atoms with van der Waals surface area (Å²) in [7, 11) is 0. The summed E-state index contributed by atoms with van der Waals surface area (Å²) in [5, 5.41) is 19.3. The van der Waals surface area contributed by atoms with Crippen molar-refractivity contribution in [3.63, 3.8) is 0 Å². The Morgan fingerprint density at radius 1 is 1.39 bits per heavy atom. The lowest BCUT2D eigenvalue weighted by atomic mass is 10.1. The van der Waals surface area contributed by atoms with Crippen LogP contribution in [0.4, 0.5) is 4.79 Å². The number of aliphatic hydroxyl groups excluding tert-OH is 2. The Balaban J connectivity index is 2.12. The normalized spacial score (nSPS) is 32.7. The Labute approximate surface area is 108 Å². The lowest BCUT2D eigenvalue weighted by molar-refractivity contribution is -0.00197. The monoisotopic (exact) mass is 257 g/mol. The molecule has 1 heterocycles. The molecule has 104 valence electrons. The Bertz CT molecular complexity index is 321. The van der Waals surface area contributed by atoms with E-state index in [1.54, 1.807) is 4.90 Å². The van der Waals surface area contributed by atoms with Gasteiger partial charge in [-0.15, -0.1) is 0 Å². The van der Waals surface area contributed by atoms with Gasteiger partial charge in [0.05, 0.1) is 18.8 Å². The predicted molar refractivity (Wildman–Crippen MR) is 66.1 cm³/mol. The first kappa shape index (κ1) is 13.6. The molecule has 2 N–H and O–H groups in total. The quantitative estimate of drug-likeness (QED) is 0.778. The average molecular weight is 257 g/mol. The third-order valence-electron chi connectivity index (χ3n) is 3.60. The summed E-state index contributed by atoms with van der Waals surface area (Å²) >= 11 is 0. The summed E-state index contributed by atoms with van der Waals surface area (Å²) in [4.78, 5) is 13.8. The molecule has 1 aliphatic heterocycles. The molecule has 5 nitrogen and oxygen atoms in total. The zero-order chi connectivity index (χ0) is 13.5. The third kappa shape index (κ3) is 2.78. The lowest BCUT2D eigenvalue weighted by Crippen LogP contribution is -2.48. The number of aliphatic hydroxyl groups is 2. The maximum atomic E-state index is 12.2. The Hall–Kier alpha value is -0.810. The molecular formula is C13H23NO4. The van der Waals surface area contributed by atoms with Crippen molar-refractivity contribution in [2.45, 2.75) is 63.8 Å². The van der Waals surface area contributed by atoms with E-state index in [1.165, 1.54) is 0 Å². The van der Waals surface area contributed by atoms with Crippen LogP contribution in [-0.4, -0.2) is 51.6 Å². The highest BCUT2D eigenvalue weighted by Crippen LogP contribution is 2.42. The van der Waals surface area contributed by atoms with E-state index in [9.17, 15) is 15.0 Å². The zero-order valence-electron chi connectivity index (χ0n) is 11.3. The molecule has 1 amide bonds. The Morgan fingerprint density at radius 3 is 2.44 bits per heavy atom. The summed E-state index contributed by atoms with van der Waals surface area (Å²) in [6.45, 7) is 5.23. The molecule has 1 saturated carbocycles. The van der Waals surface area contributed by atoms with Crippen LogP contribution in [0.5, 0.6) is 0 Å². The van der Waals surface area contributed by atoms with Crippen molar-refractivity contribution in [3.05, 3.63) is 0 Å². The Kier molecular flexibility index (Phi) is 3.56. The second-order valence-corrected chi connectivity index (χ2v) is 6.35. The van der Waals surface area contributed by atoms with Crippen LogP contribution in [-0.2, 0) is 4.74 Å². The zero-order valence-corrected chi connectivity index (χ0v) is 11.3. The molecule has 2 fully saturated rings. The molecule has 0 aromatic rings. The number of rotatable bonds is 2. The predicted octanol–water partition coefficient (Wildman–Crippen LogP) is 1.13. The Morgan fingerprint density at radius 2 is 2.00 bits per heavy atom. The fourth-order valence-corrected chi connectivity index (χ4v) is 2.65. The van der Waals surface area contributed by atoms with E-state index in [4.69, 9.17) is 4.74 Å². The van der Waals surface area contributed by atoms with Gasteiger partial charge in [-0.05, 0) is 46.0 Å². The third-order valence-corrected chi connectivity index (χ3v) is 3.60. The molecule has 0 bridgehead atoms. The molecule has 5 heteroatoms. The van der Waals surface area contributed by atoms with Gasteiger partial charge in [0.15, 0.2) is 0 Å². The second kappa shape index (κ2) is 4.70. The summed E-state index contributed by atoms with van der Waals surface area (Å²) in [6, 6.07) is -0.502. The van der Waals surface area contributed by atoms with Crippen molar-refractivity contribution in [1.82, 2.24) is 4.90 Å². The van der Waals surface area contributed by atoms with E-state index in [-0.39, 0.29) is 12.6 Å².